The van der Waals surface area contributed by atoms with E-state index in [0.717, 1.165) is 70.5 Å². The number of piperazine rings is 1. The van der Waals surface area contributed by atoms with Crippen molar-refractivity contribution in [3.05, 3.63) is 41.8 Å². The van der Waals surface area contributed by atoms with Gasteiger partial charge in [-0.2, -0.15) is 4.98 Å². The molecule has 0 aliphatic carbocycles. The molecule has 0 spiro atoms. The molecule has 2 aliphatic heterocycles. The van der Waals surface area contributed by atoms with E-state index in [0.29, 0.717) is 0 Å². The van der Waals surface area contributed by atoms with Gasteiger partial charge in [-0.05, 0) is 30.0 Å². The van der Waals surface area contributed by atoms with Crippen LogP contribution in [0.2, 0.25) is 0 Å². The van der Waals surface area contributed by atoms with Gasteiger partial charge in [-0.1, -0.05) is 30.3 Å². The average Bonchev–Trinajstić information content (AvgIpc) is 3.15. The monoisotopic (exact) mass is 328 g/mol. The largest absolute Gasteiger partial charge is 0.381 e. The number of ether oxygens (including phenoxy) is 1. The third-order valence-electron chi connectivity index (χ3n) is 5.10. The summed E-state index contributed by atoms with van der Waals surface area (Å²) in [5.74, 6) is 1.49. The molecule has 1 aromatic carbocycles. The topological polar surface area (TPSA) is 63.4 Å². The Kier molecular flexibility index (Phi) is 4.49. The molecule has 4 rings (SSSR count). The van der Waals surface area contributed by atoms with Gasteiger partial charge < -0.3 is 19.5 Å². The molecule has 0 radical (unpaired) electrons. The number of hydrogen-bond acceptors (Lipinski definition) is 6. The van der Waals surface area contributed by atoms with Crippen molar-refractivity contribution >= 4 is 5.95 Å². The highest BCUT2D eigenvalue weighted by Crippen LogP contribution is 2.37. The van der Waals surface area contributed by atoms with Gasteiger partial charge in [-0.25, -0.2) is 0 Å². The van der Waals surface area contributed by atoms with Gasteiger partial charge in [0, 0.05) is 39.4 Å². The minimum absolute atomic E-state index is 0.112. The highest BCUT2D eigenvalue weighted by molar-refractivity contribution is 5.31. The fraction of sp³-hybridized carbons (Fsp3) is 0.556. The van der Waals surface area contributed by atoms with Crippen molar-refractivity contribution in [2.45, 2.75) is 24.7 Å². The van der Waals surface area contributed by atoms with E-state index in [1.807, 2.05) is 0 Å². The van der Waals surface area contributed by atoms with Gasteiger partial charge in [-0.15, -0.1) is 0 Å². The van der Waals surface area contributed by atoms with Crippen LogP contribution < -0.4 is 10.2 Å². The van der Waals surface area contributed by atoms with Crippen molar-refractivity contribution < 1.29 is 9.26 Å². The third kappa shape index (κ3) is 3.16. The number of nitrogens with zero attached hydrogens (tertiary/aromatic N) is 3. The lowest BCUT2D eigenvalue weighted by Crippen LogP contribution is -2.44. The van der Waals surface area contributed by atoms with E-state index >= 15 is 0 Å². The molecule has 0 amide bonds. The van der Waals surface area contributed by atoms with Gasteiger partial charge in [-0.3, -0.25) is 0 Å². The number of rotatable bonds is 4. The second-order valence-electron chi connectivity index (χ2n) is 6.69. The molecule has 6 nitrogen and oxygen atoms in total. The lowest BCUT2D eigenvalue weighted by Gasteiger charge is -2.34. The van der Waals surface area contributed by atoms with Gasteiger partial charge in [0.25, 0.3) is 5.95 Å². The molecule has 1 N–H and O–H groups in total. The lowest BCUT2D eigenvalue weighted by atomic mass is 9.75. The summed E-state index contributed by atoms with van der Waals surface area (Å²) in [6.45, 7) is 5.28. The van der Waals surface area contributed by atoms with Crippen molar-refractivity contribution in [1.82, 2.24) is 15.5 Å². The SMILES string of the molecule is c1ccc(CC2(c3nc(N4CCNCC4)no3)CCOCC2)cc1. The summed E-state index contributed by atoms with van der Waals surface area (Å²) >= 11 is 0. The van der Waals surface area contributed by atoms with E-state index in [1.54, 1.807) is 0 Å². The Hall–Kier alpha value is -1.92. The summed E-state index contributed by atoms with van der Waals surface area (Å²) in [5, 5.41) is 7.62. The molecule has 6 heteroatoms. The minimum Gasteiger partial charge on any atom is -0.381 e. The first-order valence-electron chi connectivity index (χ1n) is 8.77. The molecule has 128 valence electrons. The second kappa shape index (κ2) is 6.91. The molecule has 2 aliphatic rings. The normalized spacial score (nSPS) is 20.9. The Balaban J connectivity index is 1.60. The summed E-state index contributed by atoms with van der Waals surface area (Å²) in [6.07, 6.45) is 2.76. The highest BCUT2D eigenvalue weighted by Gasteiger charge is 2.40. The smallest absolute Gasteiger partial charge is 0.266 e. The van der Waals surface area contributed by atoms with E-state index in [1.165, 1.54) is 5.56 Å². The van der Waals surface area contributed by atoms with Gasteiger partial charge in [0.05, 0.1) is 5.41 Å². The number of benzene rings is 1. The zero-order chi connectivity index (χ0) is 16.2. The standard InChI is InChI=1S/C18H24N4O2/c1-2-4-15(5-3-1)14-18(6-12-23-13-7-18)16-20-17(21-24-16)22-10-8-19-9-11-22/h1-5,19H,6-14H2. The van der Waals surface area contributed by atoms with E-state index in [9.17, 15) is 0 Å². The highest BCUT2D eigenvalue weighted by atomic mass is 16.5. The molecule has 0 atom stereocenters. The number of anilines is 1. The molecule has 0 saturated carbocycles. The predicted octanol–water partition coefficient (Wildman–Crippen LogP) is 1.77. The van der Waals surface area contributed by atoms with Crippen LogP contribution in [0.15, 0.2) is 34.9 Å². The van der Waals surface area contributed by atoms with Crippen molar-refractivity contribution in [3.8, 4) is 0 Å². The van der Waals surface area contributed by atoms with Crippen LogP contribution in [0.5, 0.6) is 0 Å². The first kappa shape index (κ1) is 15.6. The fourth-order valence-corrected chi connectivity index (χ4v) is 3.64. The van der Waals surface area contributed by atoms with Gasteiger partial charge in [0.1, 0.15) is 0 Å². The van der Waals surface area contributed by atoms with Crippen molar-refractivity contribution in [2.24, 2.45) is 0 Å². The maximum atomic E-state index is 5.75. The Morgan fingerprint density at radius 3 is 2.58 bits per heavy atom. The van der Waals surface area contributed by atoms with Crippen molar-refractivity contribution in [2.75, 3.05) is 44.3 Å². The van der Waals surface area contributed by atoms with E-state index in [4.69, 9.17) is 14.2 Å². The number of hydrogen-bond donors (Lipinski definition) is 1. The summed E-state index contributed by atoms with van der Waals surface area (Å²) in [5.41, 5.74) is 1.19. The number of aromatic nitrogens is 2. The van der Waals surface area contributed by atoms with Crippen LogP contribution in [0.25, 0.3) is 0 Å². The van der Waals surface area contributed by atoms with Crippen LogP contribution in [0, 0.1) is 0 Å². The molecular formula is C18H24N4O2. The average molecular weight is 328 g/mol. The van der Waals surface area contributed by atoms with Gasteiger partial charge >= 0.3 is 0 Å². The summed E-state index contributed by atoms with van der Waals surface area (Å²) < 4.78 is 11.4. The van der Waals surface area contributed by atoms with Gasteiger partial charge in [0.15, 0.2) is 0 Å². The molecule has 0 bridgehead atoms. The van der Waals surface area contributed by atoms with Crippen LogP contribution in [-0.4, -0.2) is 49.5 Å². The van der Waals surface area contributed by atoms with Crippen molar-refractivity contribution in [3.63, 3.8) is 0 Å². The Bertz CT molecular complexity index is 646. The van der Waals surface area contributed by atoms with Gasteiger partial charge in [0.2, 0.25) is 5.89 Å². The molecule has 2 saturated heterocycles. The fourth-order valence-electron chi connectivity index (χ4n) is 3.64. The molecule has 0 unspecified atom stereocenters. The molecule has 3 heterocycles. The van der Waals surface area contributed by atoms with E-state index in [2.05, 4.69) is 45.7 Å². The zero-order valence-corrected chi connectivity index (χ0v) is 13.9. The molecular weight excluding hydrogens is 304 g/mol. The molecule has 24 heavy (non-hydrogen) atoms. The minimum atomic E-state index is -0.112. The van der Waals surface area contributed by atoms with E-state index < -0.39 is 0 Å². The maximum absolute atomic E-state index is 5.75. The lowest BCUT2D eigenvalue weighted by molar-refractivity contribution is 0.0375. The zero-order valence-electron chi connectivity index (χ0n) is 13.9. The summed E-state index contributed by atoms with van der Waals surface area (Å²) in [7, 11) is 0. The van der Waals surface area contributed by atoms with Crippen LogP contribution in [0.3, 0.4) is 0 Å². The molecule has 2 fully saturated rings. The Morgan fingerprint density at radius 2 is 1.83 bits per heavy atom. The second-order valence-corrected chi connectivity index (χ2v) is 6.69. The molecule has 2 aromatic rings. The maximum Gasteiger partial charge on any atom is 0.266 e. The first-order valence-corrected chi connectivity index (χ1v) is 8.77. The quantitative estimate of drug-likeness (QED) is 0.923. The molecule has 1 aromatic heterocycles. The van der Waals surface area contributed by atoms with Crippen LogP contribution in [-0.2, 0) is 16.6 Å². The predicted molar refractivity (Wildman–Crippen MR) is 91.3 cm³/mol. The van der Waals surface area contributed by atoms with Crippen molar-refractivity contribution in [1.29, 1.82) is 0 Å². The van der Waals surface area contributed by atoms with Crippen LogP contribution in [0.1, 0.15) is 24.3 Å². The summed E-state index contributed by atoms with van der Waals surface area (Å²) in [4.78, 5) is 6.98. The third-order valence-corrected chi connectivity index (χ3v) is 5.10. The first-order chi connectivity index (χ1) is 11.9. The van der Waals surface area contributed by atoms with Crippen LogP contribution >= 0.6 is 0 Å². The summed E-state index contributed by atoms with van der Waals surface area (Å²) in [6, 6.07) is 10.6. The van der Waals surface area contributed by atoms with E-state index in [-0.39, 0.29) is 5.41 Å². The van der Waals surface area contributed by atoms with Crippen LogP contribution in [0.4, 0.5) is 5.95 Å². The Morgan fingerprint density at radius 1 is 1.08 bits per heavy atom. The number of nitrogens with one attached hydrogen (secondary N) is 1. The Labute approximate surface area is 142 Å².